The van der Waals surface area contributed by atoms with Crippen LogP contribution in [0, 0.1) is 0 Å². The van der Waals surface area contributed by atoms with Crippen LogP contribution in [0.2, 0.25) is 0 Å². The molecule has 0 fully saturated rings. The summed E-state index contributed by atoms with van der Waals surface area (Å²) in [5.41, 5.74) is 6.31. The number of methoxy groups -OCH3 is 1. The number of aromatic nitrogens is 2. The number of benzene rings is 1. The highest BCUT2D eigenvalue weighted by Gasteiger charge is 2.16. The maximum atomic E-state index is 5.66. The number of rotatable bonds is 6. The van der Waals surface area contributed by atoms with Gasteiger partial charge in [-0.3, -0.25) is 0 Å². The third kappa shape index (κ3) is 3.45. The molecule has 0 aliphatic heterocycles. The van der Waals surface area contributed by atoms with Crippen molar-refractivity contribution in [3.63, 3.8) is 0 Å². The molecular weight excluding hydrogens is 246 g/mol. The quantitative estimate of drug-likeness (QED) is 0.805. The second-order valence-electron chi connectivity index (χ2n) is 4.04. The molecule has 1 aromatic carbocycles. The van der Waals surface area contributed by atoms with E-state index in [0.717, 1.165) is 6.42 Å². The summed E-state index contributed by atoms with van der Waals surface area (Å²) < 4.78 is 15.9. The van der Waals surface area contributed by atoms with E-state index in [2.05, 4.69) is 10.1 Å². The molecular formula is C13H17N3O3. The molecule has 1 unspecified atom stereocenters. The topological polar surface area (TPSA) is 83.4 Å². The van der Waals surface area contributed by atoms with E-state index in [1.54, 1.807) is 19.2 Å². The fourth-order valence-corrected chi connectivity index (χ4v) is 1.66. The molecule has 1 atom stereocenters. The first kappa shape index (κ1) is 13.4. The number of ether oxygens (including phenoxy) is 2. The molecule has 2 N–H and O–H groups in total. The average Bonchev–Trinajstić information content (AvgIpc) is 2.87. The van der Waals surface area contributed by atoms with Gasteiger partial charge in [-0.2, -0.15) is 4.98 Å². The monoisotopic (exact) mass is 263 g/mol. The Morgan fingerprint density at radius 2 is 2.26 bits per heavy atom. The number of nitrogen functional groups attached to an aromatic ring is 1. The van der Waals surface area contributed by atoms with Crippen LogP contribution in [0.4, 0.5) is 5.69 Å². The summed E-state index contributed by atoms with van der Waals surface area (Å²) >= 11 is 0. The summed E-state index contributed by atoms with van der Waals surface area (Å²) in [4.78, 5) is 4.23. The summed E-state index contributed by atoms with van der Waals surface area (Å²) in [6, 6.07) is 7.17. The van der Waals surface area contributed by atoms with Crippen LogP contribution in [0.5, 0.6) is 5.75 Å². The van der Waals surface area contributed by atoms with Gasteiger partial charge >= 0.3 is 0 Å². The molecule has 0 aliphatic rings. The molecule has 1 aromatic heterocycles. The number of anilines is 1. The second kappa shape index (κ2) is 6.19. The van der Waals surface area contributed by atoms with Gasteiger partial charge in [0.05, 0.1) is 0 Å². The normalized spacial score (nSPS) is 12.3. The summed E-state index contributed by atoms with van der Waals surface area (Å²) in [7, 11) is 1.62. The molecule has 0 spiro atoms. The van der Waals surface area contributed by atoms with Crippen LogP contribution in [-0.2, 0) is 11.3 Å². The average molecular weight is 263 g/mol. The SMILES string of the molecule is CCC(OC)c1noc(COc2cccc(N)c2)n1. The van der Waals surface area contributed by atoms with Gasteiger partial charge in [-0.15, -0.1) is 0 Å². The summed E-state index contributed by atoms with van der Waals surface area (Å²) in [5, 5.41) is 3.87. The van der Waals surface area contributed by atoms with Crippen molar-refractivity contribution in [1.82, 2.24) is 10.1 Å². The zero-order valence-electron chi connectivity index (χ0n) is 11.0. The van der Waals surface area contributed by atoms with Crippen molar-refractivity contribution in [2.75, 3.05) is 12.8 Å². The van der Waals surface area contributed by atoms with E-state index >= 15 is 0 Å². The molecule has 6 nitrogen and oxygen atoms in total. The van der Waals surface area contributed by atoms with Crippen LogP contribution in [0.3, 0.4) is 0 Å². The van der Waals surface area contributed by atoms with E-state index in [0.29, 0.717) is 23.2 Å². The summed E-state index contributed by atoms with van der Waals surface area (Å²) in [6.07, 6.45) is 0.635. The van der Waals surface area contributed by atoms with E-state index in [1.165, 1.54) is 0 Å². The first-order chi connectivity index (χ1) is 9.22. The Morgan fingerprint density at radius 1 is 1.42 bits per heavy atom. The summed E-state index contributed by atoms with van der Waals surface area (Å²) in [5.74, 6) is 1.61. The maximum Gasteiger partial charge on any atom is 0.264 e. The van der Waals surface area contributed by atoms with Gasteiger partial charge in [0.15, 0.2) is 6.61 Å². The van der Waals surface area contributed by atoms with Gasteiger partial charge in [0.1, 0.15) is 11.9 Å². The zero-order valence-corrected chi connectivity index (χ0v) is 11.0. The molecule has 6 heteroatoms. The first-order valence-corrected chi connectivity index (χ1v) is 6.06. The van der Waals surface area contributed by atoms with Gasteiger partial charge in [0, 0.05) is 18.9 Å². The number of nitrogens with two attached hydrogens (primary N) is 1. The highest BCUT2D eigenvalue weighted by molar-refractivity contribution is 5.43. The Balaban J connectivity index is 1.97. The van der Waals surface area contributed by atoms with E-state index in [4.69, 9.17) is 19.7 Å². The molecule has 2 rings (SSSR count). The van der Waals surface area contributed by atoms with E-state index in [-0.39, 0.29) is 12.7 Å². The lowest BCUT2D eigenvalue weighted by atomic mass is 10.3. The largest absolute Gasteiger partial charge is 0.484 e. The number of hydrogen-bond donors (Lipinski definition) is 1. The standard InChI is InChI=1S/C13H17N3O3/c1-3-11(17-2)13-15-12(19-16-13)8-18-10-6-4-5-9(14)7-10/h4-7,11H,3,8,14H2,1-2H3. The first-order valence-electron chi connectivity index (χ1n) is 6.06. The Morgan fingerprint density at radius 3 is 2.95 bits per heavy atom. The lowest BCUT2D eigenvalue weighted by molar-refractivity contribution is 0.0903. The number of nitrogens with zero attached hydrogens (tertiary/aromatic N) is 2. The maximum absolute atomic E-state index is 5.66. The lowest BCUT2D eigenvalue weighted by Gasteiger charge is -2.06. The van der Waals surface area contributed by atoms with E-state index in [9.17, 15) is 0 Å². The van der Waals surface area contributed by atoms with Crippen LogP contribution >= 0.6 is 0 Å². The van der Waals surface area contributed by atoms with Crippen LogP contribution in [0.15, 0.2) is 28.8 Å². The number of hydrogen-bond acceptors (Lipinski definition) is 6. The molecule has 2 aromatic rings. The zero-order chi connectivity index (χ0) is 13.7. The highest BCUT2D eigenvalue weighted by atomic mass is 16.5. The third-order valence-corrected chi connectivity index (χ3v) is 2.65. The van der Waals surface area contributed by atoms with Crippen molar-refractivity contribution < 1.29 is 14.0 Å². The highest BCUT2D eigenvalue weighted by Crippen LogP contribution is 2.18. The van der Waals surface area contributed by atoms with Crippen LogP contribution in [-0.4, -0.2) is 17.3 Å². The fraction of sp³-hybridized carbons (Fsp3) is 0.385. The van der Waals surface area contributed by atoms with Crippen molar-refractivity contribution in [3.8, 4) is 5.75 Å². The summed E-state index contributed by atoms with van der Waals surface area (Å²) in [6.45, 7) is 2.20. The molecule has 0 radical (unpaired) electrons. The van der Waals surface area contributed by atoms with Crippen molar-refractivity contribution in [3.05, 3.63) is 36.0 Å². The van der Waals surface area contributed by atoms with E-state index < -0.39 is 0 Å². The minimum atomic E-state index is -0.148. The van der Waals surface area contributed by atoms with Crippen LogP contribution in [0.1, 0.15) is 31.2 Å². The van der Waals surface area contributed by atoms with Crippen molar-refractivity contribution in [2.45, 2.75) is 26.1 Å². The van der Waals surface area contributed by atoms with Gasteiger partial charge in [-0.1, -0.05) is 18.1 Å². The molecule has 19 heavy (non-hydrogen) atoms. The van der Waals surface area contributed by atoms with Gasteiger partial charge in [0.25, 0.3) is 5.89 Å². The van der Waals surface area contributed by atoms with E-state index in [1.807, 2.05) is 19.1 Å². The Bertz CT molecular complexity index is 523. The van der Waals surface area contributed by atoms with Gasteiger partial charge in [-0.05, 0) is 18.6 Å². The Hall–Kier alpha value is -2.08. The second-order valence-corrected chi connectivity index (χ2v) is 4.04. The molecule has 1 heterocycles. The molecule has 0 aliphatic carbocycles. The Kier molecular flexibility index (Phi) is 4.35. The van der Waals surface area contributed by atoms with Crippen molar-refractivity contribution in [2.24, 2.45) is 0 Å². The minimum absolute atomic E-state index is 0.148. The lowest BCUT2D eigenvalue weighted by Crippen LogP contribution is -2.02. The van der Waals surface area contributed by atoms with Crippen molar-refractivity contribution >= 4 is 5.69 Å². The molecule has 102 valence electrons. The van der Waals surface area contributed by atoms with Gasteiger partial charge in [-0.25, -0.2) is 0 Å². The van der Waals surface area contributed by atoms with Crippen LogP contribution < -0.4 is 10.5 Å². The third-order valence-electron chi connectivity index (χ3n) is 2.65. The van der Waals surface area contributed by atoms with Gasteiger partial charge < -0.3 is 19.7 Å². The molecule has 0 saturated heterocycles. The smallest absolute Gasteiger partial charge is 0.264 e. The molecule has 0 saturated carbocycles. The van der Waals surface area contributed by atoms with Gasteiger partial charge in [0.2, 0.25) is 5.82 Å². The Labute approximate surface area is 111 Å². The predicted octanol–water partition coefficient (Wildman–Crippen LogP) is 2.33. The fourth-order valence-electron chi connectivity index (χ4n) is 1.66. The minimum Gasteiger partial charge on any atom is -0.484 e. The van der Waals surface area contributed by atoms with Crippen LogP contribution in [0.25, 0.3) is 0 Å². The molecule has 0 amide bonds. The predicted molar refractivity (Wildman–Crippen MR) is 69.5 cm³/mol. The van der Waals surface area contributed by atoms with Crippen molar-refractivity contribution in [1.29, 1.82) is 0 Å². The molecule has 0 bridgehead atoms.